The number of nitrogens with zero attached hydrogens (tertiary/aromatic N) is 1. The maximum Gasteiger partial charge on any atom is 0.310 e. The Hall–Kier alpha value is -2.77. The van der Waals surface area contributed by atoms with Crippen molar-refractivity contribution in [1.82, 2.24) is 4.98 Å². The molecule has 0 bridgehead atoms. The number of nitrogens with two attached hydrogens (primary N) is 1. The Bertz CT molecular complexity index is 904. The summed E-state index contributed by atoms with van der Waals surface area (Å²) in [5.74, 6) is -0.891. The smallest absolute Gasteiger partial charge is 0.310 e. The van der Waals surface area contributed by atoms with Crippen LogP contribution in [0, 0.1) is 0 Å². The lowest BCUT2D eigenvalue weighted by Crippen LogP contribution is -2.27. The van der Waals surface area contributed by atoms with E-state index in [1.54, 1.807) is 19.3 Å². The third-order valence-electron chi connectivity index (χ3n) is 4.16. The number of hydrogen-bond acceptors (Lipinski definition) is 6. The number of hydrogen-bond donors (Lipinski definition) is 2. The van der Waals surface area contributed by atoms with Gasteiger partial charge in [0.15, 0.2) is 0 Å². The third-order valence-corrected chi connectivity index (χ3v) is 5.16. The second-order valence-corrected chi connectivity index (χ2v) is 7.11. The fraction of sp³-hybridized carbons (Fsp3) is 0.250. The number of anilines is 1. The summed E-state index contributed by atoms with van der Waals surface area (Å²) in [5.41, 5.74) is 7.50. The highest BCUT2D eigenvalue weighted by atomic mass is 32.1. The molecule has 0 aliphatic heterocycles. The number of fused-ring (bicyclic) bond motifs is 1. The summed E-state index contributed by atoms with van der Waals surface area (Å²) in [6, 6.07) is 11.2. The predicted octanol–water partition coefficient (Wildman–Crippen LogP) is 3.08. The lowest BCUT2D eigenvalue weighted by atomic mass is 9.96. The normalized spacial score (nSPS) is 11.9. The van der Waals surface area contributed by atoms with Gasteiger partial charge in [0, 0.05) is 18.9 Å². The van der Waals surface area contributed by atoms with Crippen LogP contribution in [0.4, 0.5) is 5.00 Å². The maximum atomic E-state index is 12.7. The van der Waals surface area contributed by atoms with Crippen LogP contribution in [-0.2, 0) is 20.7 Å². The van der Waals surface area contributed by atoms with E-state index in [4.69, 9.17) is 10.5 Å². The number of benzene rings is 1. The Kier molecular flexibility index (Phi) is 6.16. The third kappa shape index (κ3) is 4.69. The minimum atomic E-state index is -0.468. The van der Waals surface area contributed by atoms with E-state index in [1.165, 1.54) is 11.3 Å². The van der Waals surface area contributed by atoms with Gasteiger partial charge >= 0.3 is 5.97 Å². The summed E-state index contributed by atoms with van der Waals surface area (Å²) in [7, 11) is 0. The number of pyridine rings is 1. The van der Waals surface area contributed by atoms with Gasteiger partial charge in [-0.2, -0.15) is 0 Å². The molecule has 6 nitrogen and oxygen atoms in total. The number of aromatic nitrogens is 1. The quantitative estimate of drug-likeness (QED) is 0.612. The topological polar surface area (TPSA) is 94.3 Å². The molecule has 3 aromatic rings. The van der Waals surface area contributed by atoms with Crippen LogP contribution in [0.15, 0.2) is 48.8 Å². The molecular formula is C20H21N3O3S. The molecule has 27 heavy (non-hydrogen) atoms. The average molecular weight is 383 g/mol. The summed E-state index contributed by atoms with van der Waals surface area (Å²) in [6.45, 7) is 2.33. The molecule has 0 radical (unpaired) electrons. The first-order valence-corrected chi connectivity index (χ1v) is 9.51. The van der Waals surface area contributed by atoms with Crippen LogP contribution in [0.25, 0.3) is 10.1 Å². The van der Waals surface area contributed by atoms with E-state index in [9.17, 15) is 9.59 Å². The number of esters is 1. The van der Waals surface area contributed by atoms with Crippen molar-refractivity contribution in [2.24, 2.45) is 5.73 Å². The first-order chi connectivity index (χ1) is 13.1. The summed E-state index contributed by atoms with van der Waals surface area (Å²) in [6.07, 6.45) is 3.71. The van der Waals surface area contributed by atoms with E-state index in [-0.39, 0.29) is 24.8 Å². The minimum absolute atomic E-state index is 0.157. The molecule has 1 unspecified atom stereocenters. The molecule has 140 valence electrons. The summed E-state index contributed by atoms with van der Waals surface area (Å²) in [5, 5.41) is 4.75. The van der Waals surface area contributed by atoms with Crippen molar-refractivity contribution in [3.05, 3.63) is 59.9 Å². The van der Waals surface area contributed by atoms with Crippen LogP contribution in [0.5, 0.6) is 0 Å². The van der Waals surface area contributed by atoms with E-state index in [1.807, 2.05) is 36.4 Å². The number of amides is 1. The lowest BCUT2D eigenvalue weighted by molar-refractivity contribution is -0.142. The highest BCUT2D eigenvalue weighted by Gasteiger charge is 2.20. The van der Waals surface area contributed by atoms with Crippen LogP contribution < -0.4 is 11.1 Å². The Balaban J connectivity index is 1.69. The Labute approximate surface area is 161 Å². The fourth-order valence-corrected chi connectivity index (χ4v) is 3.73. The Morgan fingerprint density at radius 2 is 2.04 bits per heavy atom. The lowest BCUT2D eigenvalue weighted by Gasteiger charge is -2.15. The Morgan fingerprint density at radius 3 is 2.70 bits per heavy atom. The van der Waals surface area contributed by atoms with Crippen molar-refractivity contribution in [1.29, 1.82) is 0 Å². The first kappa shape index (κ1) is 19.0. The summed E-state index contributed by atoms with van der Waals surface area (Å²) >= 11 is 1.48. The zero-order chi connectivity index (χ0) is 19.2. The SMILES string of the molecule is CCOC(=O)Cc1ccc(C(CN)C(=O)Nc2cc3ccncc3s2)cc1. The standard InChI is InChI=1S/C20H21N3O3S/c1-2-26-19(24)9-13-3-5-14(6-4-13)16(11-21)20(25)23-18-10-15-7-8-22-12-17(15)27-18/h3-8,10,12,16H,2,9,11,21H2,1H3,(H,23,25). The van der Waals surface area contributed by atoms with Crippen LogP contribution >= 0.6 is 11.3 Å². The van der Waals surface area contributed by atoms with E-state index in [2.05, 4.69) is 10.3 Å². The zero-order valence-electron chi connectivity index (χ0n) is 15.0. The molecule has 0 fully saturated rings. The van der Waals surface area contributed by atoms with Crippen molar-refractivity contribution in [3.8, 4) is 0 Å². The second-order valence-electron chi connectivity index (χ2n) is 6.03. The van der Waals surface area contributed by atoms with Gasteiger partial charge in [0.05, 0.1) is 28.6 Å². The van der Waals surface area contributed by atoms with Crippen molar-refractivity contribution in [2.75, 3.05) is 18.5 Å². The summed E-state index contributed by atoms with van der Waals surface area (Å²) in [4.78, 5) is 28.3. The molecule has 1 aromatic carbocycles. The molecule has 0 aliphatic carbocycles. The van der Waals surface area contributed by atoms with Crippen LogP contribution in [0.3, 0.4) is 0 Å². The van der Waals surface area contributed by atoms with E-state index in [0.29, 0.717) is 6.61 Å². The molecule has 0 saturated carbocycles. The van der Waals surface area contributed by atoms with Gasteiger partial charge in [0.25, 0.3) is 0 Å². The zero-order valence-corrected chi connectivity index (χ0v) is 15.8. The van der Waals surface area contributed by atoms with Gasteiger partial charge in [-0.05, 0) is 35.6 Å². The van der Waals surface area contributed by atoms with Gasteiger partial charge < -0.3 is 15.8 Å². The molecule has 2 heterocycles. The number of nitrogens with one attached hydrogen (secondary N) is 1. The summed E-state index contributed by atoms with van der Waals surface area (Å²) < 4.78 is 5.96. The molecular weight excluding hydrogens is 362 g/mol. The van der Waals surface area contributed by atoms with Crippen molar-refractivity contribution >= 4 is 38.3 Å². The van der Waals surface area contributed by atoms with Gasteiger partial charge in [-0.25, -0.2) is 0 Å². The molecule has 0 spiro atoms. The maximum absolute atomic E-state index is 12.7. The first-order valence-electron chi connectivity index (χ1n) is 8.69. The second kappa shape index (κ2) is 8.75. The largest absolute Gasteiger partial charge is 0.466 e. The van der Waals surface area contributed by atoms with Gasteiger partial charge in [-0.15, -0.1) is 11.3 Å². The highest BCUT2D eigenvalue weighted by molar-refractivity contribution is 7.22. The fourth-order valence-electron chi connectivity index (χ4n) is 2.80. The number of carbonyl (C=O) groups excluding carboxylic acids is 2. The van der Waals surface area contributed by atoms with Gasteiger partial charge in [-0.3, -0.25) is 14.6 Å². The number of thiophene rings is 1. The predicted molar refractivity (Wildman–Crippen MR) is 107 cm³/mol. The Morgan fingerprint density at radius 1 is 1.26 bits per heavy atom. The minimum Gasteiger partial charge on any atom is -0.466 e. The molecule has 1 atom stereocenters. The molecule has 3 rings (SSSR count). The van der Waals surface area contributed by atoms with Crippen LogP contribution in [-0.4, -0.2) is 30.0 Å². The van der Waals surface area contributed by atoms with Crippen molar-refractivity contribution < 1.29 is 14.3 Å². The number of rotatable bonds is 7. The average Bonchev–Trinajstić information content (AvgIpc) is 3.06. The van der Waals surface area contributed by atoms with Crippen molar-refractivity contribution in [2.45, 2.75) is 19.3 Å². The van der Waals surface area contributed by atoms with E-state index < -0.39 is 5.92 Å². The highest BCUT2D eigenvalue weighted by Crippen LogP contribution is 2.29. The van der Waals surface area contributed by atoms with Gasteiger partial charge in [-0.1, -0.05) is 24.3 Å². The molecule has 0 aliphatic rings. The monoisotopic (exact) mass is 383 g/mol. The van der Waals surface area contributed by atoms with Crippen LogP contribution in [0.1, 0.15) is 24.0 Å². The van der Waals surface area contributed by atoms with E-state index in [0.717, 1.165) is 26.2 Å². The molecule has 0 saturated heterocycles. The van der Waals surface area contributed by atoms with Gasteiger partial charge in [0.2, 0.25) is 5.91 Å². The van der Waals surface area contributed by atoms with Crippen molar-refractivity contribution in [3.63, 3.8) is 0 Å². The molecule has 3 N–H and O–H groups in total. The van der Waals surface area contributed by atoms with Crippen LogP contribution in [0.2, 0.25) is 0 Å². The molecule has 2 aromatic heterocycles. The van der Waals surface area contributed by atoms with E-state index >= 15 is 0 Å². The molecule has 1 amide bonds. The molecule has 7 heteroatoms. The number of ether oxygens (including phenoxy) is 1. The number of carbonyl (C=O) groups is 2. The van der Waals surface area contributed by atoms with Gasteiger partial charge in [0.1, 0.15) is 0 Å².